The van der Waals surface area contributed by atoms with Crippen LogP contribution in [0.25, 0.3) is 0 Å². The fourth-order valence-electron chi connectivity index (χ4n) is 3.68. The summed E-state index contributed by atoms with van der Waals surface area (Å²) < 4.78 is 0. The van der Waals surface area contributed by atoms with Gasteiger partial charge in [-0.05, 0) is 49.6 Å². The van der Waals surface area contributed by atoms with E-state index in [2.05, 4.69) is 5.32 Å². The van der Waals surface area contributed by atoms with E-state index in [1.165, 1.54) is 18.2 Å². The zero-order valence-electron chi connectivity index (χ0n) is 17.4. The number of nitrogens with one attached hydrogen (secondary N) is 1. The molecule has 0 radical (unpaired) electrons. The number of amides is 2. The van der Waals surface area contributed by atoms with Crippen molar-refractivity contribution in [1.82, 2.24) is 10.2 Å². The fraction of sp³-hybridized carbons (Fsp3) is 0.417. The van der Waals surface area contributed by atoms with Gasteiger partial charge in [-0.1, -0.05) is 61.2 Å². The first kappa shape index (κ1) is 22.7. The molecule has 1 aliphatic rings. The lowest BCUT2D eigenvalue weighted by molar-refractivity contribution is -0.139. The SMILES string of the molecule is C[C@@H](C(=O)NC1CCCCC1)N(Cc1ccc(Cl)cc1)C(=O)CSc1ccccc1. The first-order valence-electron chi connectivity index (χ1n) is 10.5. The number of rotatable bonds is 8. The molecular formula is C24H29ClN2O2S. The summed E-state index contributed by atoms with van der Waals surface area (Å²) in [5.74, 6) is 0.164. The molecule has 0 heterocycles. The molecular weight excluding hydrogens is 416 g/mol. The van der Waals surface area contributed by atoms with Gasteiger partial charge in [-0.25, -0.2) is 0 Å². The first-order valence-corrected chi connectivity index (χ1v) is 11.9. The Morgan fingerprint density at radius 2 is 1.73 bits per heavy atom. The van der Waals surface area contributed by atoms with Gasteiger partial charge in [0.2, 0.25) is 11.8 Å². The van der Waals surface area contributed by atoms with Crippen molar-refractivity contribution >= 4 is 35.2 Å². The highest BCUT2D eigenvalue weighted by molar-refractivity contribution is 8.00. The second kappa shape index (κ2) is 11.4. The van der Waals surface area contributed by atoms with E-state index in [1.807, 2.05) is 61.5 Å². The van der Waals surface area contributed by atoms with E-state index >= 15 is 0 Å². The number of halogens is 1. The van der Waals surface area contributed by atoms with Crippen LogP contribution in [0, 0.1) is 0 Å². The predicted molar refractivity (Wildman–Crippen MR) is 124 cm³/mol. The monoisotopic (exact) mass is 444 g/mol. The lowest BCUT2D eigenvalue weighted by Gasteiger charge is -2.31. The molecule has 1 saturated carbocycles. The van der Waals surface area contributed by atoms with Crippen molar-refractivity contribution in [3.63, 3.8) is 0 Å². The van der Waals surface area contributed by atoms with Gasteiger partial charge in [-0.2, -0.15) is 0 Å². The van der Waals surface area contributed by atoms with Crippen molar-refractivity contribution in [3.05, 3.63) is 65.2 Å². The molecule has 160 valence electrons. The average Bonchev–Trinajstić information content (AvgIpc) is 2.78. The summed E-state index contributed by atoms with van der Waals surface area (Å²) in [4.78, 5) is 28.8. The molecule has 0 aromatic heterocycles. The maximum absolute atomic E-state index is 13.1. The largest absolute Gasteiger partial charge is 0.352 e. The molecule has 2 amide bonds. The van der Waals surface area contributed by atoms with E-state index in [1.54, 1.807) is 4.90 Å². The van der Waals surface area contributed by atoms with Crippen LogP contribution in [0.15, 0.2) is 59.5 Å². The van der Waals surface area contributed by atoms with Crippen LogP contribution >= 0.6 is 23.4 Å². The predicted octanol–water partition coefficient (Wildman–Crippen LogP) is 5.30. The van der Waals surface area contributed by atoms with Crippen LogP contribution in [0.2, 0.25) is 5.02 Å². The van der Waals surface area contributed by atoms with Crippen molar-refractivity contribution in [1.29, 1.82) is 0 Å². The molecule has 0 saturated heterocycles. The highest BCUT2D eigenvalue weighted by Gasteiger charge is 2.28. The van der Waals surface area contributed by atoms with Crippen molar-refractivity contribution < 1.29 is 9.59 Å². The minimum atomic E-state index is -0.536. The maximum atomic E-state index is 13.1. The van der Waals surface area contributed by atoms with Crippen LogP contribution in [0.4, 0.5) is 0 Å². The maximum Gasteiger partial charge on any atom is 0.242 e. The van der Waals surface area contributed by atoms with Gasteiger partial charge in [0.05, 0.1) is 5.75 Å². The molecule has 4 nitrogen and oxygen atoms in total. The summed E-state index contributed by atoms with van der Waals surface area (Å²) in [6.07, 6.45) is 5.58. The number of hydrogen-bond donors (Lipinski definition) is 1. The Morgan fingerprint density at radius 1 is 1.07 bits per heavy atom. The van der Waals surface area contributed by atoms with Gasteiger partial charge < -0.3 is 10.2 Å². The second-order valence-corrected chi connectivity index (χ2v) is 9.25. The number of carbonyl (C=O) groups excluding carboxylic acids is 2. The molecule has 0 aliphatic heterocycles. The van der Waals surface area contributed by atoms with Crippen LogP contribution in [0.5, 0.6) is 0 Å². The average molecular weight is 445 g/mol. The van der Waals surface area contributed by atoms with E-state index < -0.39 is 6.04 Å². The second-order valence-electron chi connectivity index (χ2n) is 7.77. The van der Waals surface area contributed by atoms with Crippen molar-refractivity contribution in [2.45, 2.75) is 62.6 Å². The Labute approximate surface area is 188 Å². The summed E-state index contributed by atoms with van der Waals surface area (Å²) >= 11 is 7.49. The topological polar surface area (TPSA) is 49.4 Å². The molecule has 6 heteroatoms. The summed E-state index contributed by atoms with van der Waals surface area (Å²) in [6, 6.07) is 17.0. The third kappa shape index (κ3) is 6.78. The smallest absolute Gasteiger partial charge is 0.242 e. The van der Waals surface area contributed by atoms with Gasteiger partial charge in [0, 0.05) is 22.5 Å². The van der Waals surface area contributed by atoms with Crippen LogP contribution in [-0.4, -0.2) is 34.6 Å². The van der Waals surface area contributed by atoms with Gasteiger partial charge in [-0.3, -0.25) is 9.59 Å². The van der Waals surface area contributed by atoms with Crippen LogP contribution in [0.1, 0.15) is 44.6 Å². The number of thioether (sulfide) groups is 1. The number of nitrogens with zero attached hydrogens (tertiary/aromatic N) is 1. The highest BCUT2D eigenvalue weighted by atomic mass is 35.5. The Hall–Kier alpha value is -1.98. The molecule has 1 fully saturated rings. The Kier molecular flexibility index (Phi) is 8.64. The van der Waals surface area contributed by atoms with Gasteiger partial charge in [0.25, 0.3) is 0 Å². The van der Waals surface area contributed by atoms with Crippen molar-refractivity contribution in [2.24, 2.45) is 0 Å². The third-order valence-corrected chi connectivity index (χ3v) is 6.74. The summed E-state index contributed by atoms with van der Waals surface area (Å²) in [7, 11) is 0. The van der Waals surface area contributed by atoms with Gasteiger partial charge in [0.1, 0.15) is 6.04 Å². The van der Waals surface area contributed by atoms with Crippen LogP contribution in [0.3, 0.4) is 0 Å². The molecule has 0 spiro atoms. The Balaban J connectivity index is 1.68. The molecule has 2 aromatic carbocycles. The molecule has 1 N–H and O–H groups in total. The Bertz CT molecular complexity index is 823. The standard InChI is InChI=1S/C24H29ClN2O2S/c1-18(24(29)26-21-8-4-2-5-9-21)27(16-19-12-14-20(25)15-13-19)23(28)17-30-22-10-6-3-7-11-22/h3,6-7,10-15,18,21H,2,4-5,8-9,16-17H2,1H3,(H,26,29)/t18-/m0/s1. The lowest BCUT2D eigenvalue weighted by atomic mass is 9.95. The molecule has 30 heavy (non-hydrogen) atoms. The Morgan fingerprint density at radius 3 is 2.40 bits per heavy atom. The lowest BCUT2D eigenvalue weighted by Crippen LogP contribution is -2.50. The van der Waals surface area contributed by atoms with Gasteiger partial charge in [-0.15, -0.1) is 11.8 Å². The molecule has 3 rings (SSSR count). The normalized spacial score (nSPS) is 15.4. The highest BCUT2D eigenvalue weighted by Crippen LogP contribution is 2.21. The van der Waals surface area contributed by atoms with Gasteiger partial charge >= 0.3 is 0 Å². The minimum Gasteiger partial charge on any atom is -0.352 e. The number of carbonyl (C=O) groups is 2. The van der Waals surface area contributed by atoms with Crippen LogP contribution < -0.4 is 5.32 Å². The number of benzene rings is 2. The first-order chi connectivity index (χ1) is 14.5. The molecule has 0 bridgehead atoms. The van der Waals surface area contributed by atoms with E-state index in [0.717, 1.165) is 36.1 Å². The summed E-state index contributed by atoms with van der Waals surface area (Å²) in [5.41, 5.74) is 0.953. The quantitative estimate of drug-likeness (QED) is 0.562. The molecule has 2 aromatic rings. The third-order valence-electron chi connectivity index (χ3n) is 5.49. The van der Waals surface area contributed by atoms with Crippen molar-refractivity contribution in [2.75, 3.05) is 5.75 Å². The molecule has 1 aliphatic carbocycles. The zero-order valence-corrected chi connectivity index (χ0v) is 18.9. The summed E-state index contributed by atoms with van der Waals surface area (Å²) in [6.45, 7) is 2.20. The fourth-order valence-corrected chi connectivity index (χ4v) is 4.61. The zero-order chi connectivity index (χ0) is 21.3. The van der Waals surface area contributed by atoms with Gasteiger partial charge in [0.15, 0.2) is 0 Å². The number of hydrogen-bond acceptors (Lipinski definition) is 3. The van der Waals surface area contributed by atoms with E-state index in [-0.39, 0.29) is 17.9 Å². The van der Waals surface area contributed by atoms with Crippen molar-refractivity contribution in [3.8, 4) is 0 Å². The minimum absolute atomic E-state index is 0.0508. The molecule has 0 unspecified atom stereocenters. The van der Waals surface area contributed by atoms with E-state index in [9.17, 15) is 9.59 Å². The van der Waals surface area contributed by atoms with Crippen LogP contribution in [-0.2, 0) is 16.1 Å². The van der Waals surface area contributed by atoms with E-state index in [0.29, 0.717) is 17.3 Å². The molecule has 1 atom stereocenters. The summed E-state index contributed by atoms with van der Waals surface area (Å²) in [5, 5.41) is 3.81. The van der Waals surface area contributed by atoms with E-state index in [4.69, 9.17) is 11.6 Å².